The van der Waals surface area contributed by atoms with Crippen molar-refractivity contribution in [3.05, 3.63) is 35.2 Å². The summed E-state index contributed by atoms with van der Waals surface area (Å²) in [5.41, 5.74) is 1.17. The summed E-state index contributed by atoms with van der Waals surface area (Å²) in [4.78, 5) is 31.1. The number of carbonyl (C=O) groups excluding carboxylic acids is 2. The van der Waals surface area contributed by atoms with E-state index in [-0.39, 0.29) is 37.2 Å². The highest BCUT2D eigenvalue weighted by Crippen LogP contribution is 2.29. The van der Waals surface area contributed by atoms with Crippen LogP contribution in [-0.2, 0) is 21.0 Å². The quantitative estimate of drug-likeness (QED) is 0.902. The van der Waals surface area contributed by atoms with Gasteiger partial charge in [0.1, 0.15) is 19.3 Å². The molecular formula is C16H17N3O3S. The number of hydroxylamine groups is 2. The lowest BCUT2D eigenvalue weighted by atomic mass is 10.1. The molecule has 2 atom stereocenters. The Balaban J connectivity index is 1.63. The van der Waals surface area contributed by atoms with Gasteiger partial charge >= 0.3 is 0 Å². The molecule has 2 aliphatic rings. The van der Waals surface area contributed by atoms with Crippen LogP contribution in [0.25, 0.3) is 10.1 Å². The molecule has 0 saturated carbocycles. The van der Waals surface area contributed by atoms with E-state index in [1.54, 1.807) is 16.2 Å². The van der Waals surface area contributed by atoms with Gasteiger partial charge in [-0.2, -0.15) is 5.06 Å². The average molecular weight is 331 g/mol. The summed E-state index contributed by atoms with van der Waals surface area (Å²) in [6.45, 7) is 2.56. The maximum atomic E-state index is 12.1. The molecule has 7 heteroatoms. The Morgan fingerprint density at radius 1 is 1.35 bits per heavy atom. The maximum absolute atomic E-state index is 12.1. The zero-order valence-electron chi connectivity index (χ0n) is 12.7. The van der Waals surface area contributed by atoms with Crippen LogP contribution in [0.5, 0.6) is 0 Å². The number of carbonyl (C=O) groups is 2. The molecule has 2 saturated heterocycles. The van der Waals surface area contributed by atoms with Crippen molar-refractivity contribution in [2.45, 2.75) is 25.7 Å². The molecule has 4 rings (SSSR count). The van der Waals surface area contributed by atoms with Gasteiger partial charge in [-0.05, 0) is 29.3 Å². The first-order valence-corrected chi connectivity index (χ1v) is 8.45. The van der Waals surface area contributed by atoms with Crippen molar-refractivity contribution in [3.8, 4) is 0 Å². The molecule has 2 aromatic rings. The lowest BCUT2D eigenvalue weighted by Gasteiger charge is -2.47. The van der Waals surface area contributed by atoms with E-state index in [0.717, 1.165) is 0 Å². The van der Waals surface area contributed by atoms with Crippen molar-refractivity contribution in [1.29, 1.82) is 0 Å². The molecule has 2 aliphatic heterocycles. The van der Waals surface area contributed by atoms with Gasteiger partial charge in [0.15, 0.2) is 0 Å². The fourth-order valence-corrected chi connectivity index (χ4v) is 4.25. The van der Waals surface area contributed by atoms with Crippen molar-refractivity contribution < 1.29 is 14.4 Å². The zero-order valence-corrected chi connectivity index (χ0v) is 13.5. The minimum atomic E-state index is -0.271. The van der Waals surface area contributed by atoms with Crippen molar-refractivity contribution in [1.82, 2.24) is 15.3 Å². The van der Waals surface area contributed by atoms with Crippen LogP contribution in [0.2, 0.25) is 0 Å². The molecule has 2 amide bonds. The zero-order chi connectivity index (χ0) is 16.0. The number of thiophene rings is 1. The van der Waals surface area contributed by atoms with Gasteiger partial charge in [-0.1, -0.05) is 18.2 Å². The number of benzene rings is 1. The molecule has 0 spiro atoms. The van der Waals surface area contributed by atoms with Gasteiger partial charge in [0.25, 0.3) is 5.91 Å². The number of hydrogen-bond donors (Lipinski definition) is 1. The molecule has 1 aromatic heterocycles. The molecule has 0 bridgehead atoms. The van der Waals surface area contributed by atoms with Crippen LogP contribution in [0.4, 0.5) is 0 Å². The predicted molar refractivity (Wildman–Crippen MR) is 86.4 cm³/mol. The maximum Gasteiger partial charge on any atom is 0.252 e. The highest BCUT2D eigenvalue weighted by atomic mass is 32.1. The van der Waals surface area contributed by atoms with Gasteiger partial charge in [0.05, 0.1) is 12.6 Å². The van der Waals surface area contributed by atoms with E-state index in [9.17, 15) is 9.59 Å². The summed E-state index contributed by atoms with van der Waals surface area (Å²) in [5, 5.41) is 8.04. The molecule has 2 unspecified atom stereocenters. The smallest absolute Gasteiger partial charge is 0.252 e. The third kappa shape index (κ3) is 2.50. The van der Waals surface area contributed by atoms with Crippen LogP contribution in [0.3, 0.4) is 0 Å². The van der Waals surface area contributed by atoms with E-state index in [1.807, 2.05) is 24.1 Å². The molecule has 0 aliphatic carbocycles. The summed E-state index contributed by atoms with van der Waals surface area (Å²) >= 11 is 1.70. The Morgan fingerprint density at radius 2 is 2.17 bits per heavy atom. The monoisotopic (exact) mass is 331 g/mol. The topological polar surface area (TPSA) is 61.9 Å². The average Bonchev–Trinajstić information content (AvgIpc) is 2.93. The fourth-order valence-electron chi connectivity index (χ4n) is 3.29. The third-order valence-electron chi connectivity index (χ3n) is 4.33. The second kappa shape index (κ2) is 5.59. The van der Waals surface area contributed by atoms with E-state index in [1.165, 1.54) is 15.6 Å². The van der Waals surface area contributed by atoms with Crippen molar-refractivity contribution in [2.24, 2.45) is 0 Å². The number of rotatable bonds is 2. The van der Waals surface area contributed by atoms with Crippen LogP contribution in [-0.4, -0.2) is 47.1 Å². The van der Waals surface area contributed by atoms with Crippen molar-refractivity contribution in [2.75, 3.05) is 13.2 Å². The molecule has 3 heterocycles. The highest BCUT2D eigenvalue weighted by Gasteiger charge is 2.43. The van der Waals surface area contributed by atoms with Crippen molar-refractivity contribution >= 4 is 33.2 Å². The Labute approximate surface area is 137 Å². The van der Waals surface area contributed by atoms with Gasteiger partial charge in [0, 0.05) is 4.70 Å². The first kappa shape index (κ1) is 14.6. The normalized spacial score (nSPS) is 25.5. The summed E-state index contributed by atoms with van der Waals surface area (Å²) in [7, 11) is 0. The highest BCUT2D eigenvalue weighted by molar-refractivity contribution is 7.17. The van der Waals surface area contributed by atoms with Crippen LogP contribution >= 0.6 is 11.3 Å². The summed E-state index contributed by atoms with van der Waals surface area (Å²) < 4.78 is 1.23. The molecule has 0 radical (unpaired) electrons. The standard InChI is InChI=1S/C16H17N3O3S/c1-10-16-18(7-14(20)17-10)15(21)8-22-19(16)6-11-9-23-13-5-3-2-4-12(11)13/h2-5,9-10,16H,6-8H2,1H3,(H,17,20). The van der Waals surface area contributed by atoms with E-state index in [2.05, 4.69) is 22.8 Å². The first-order valence-electron chi connectivity index (χ1n) is 7.57. The van der Waals surface area contributed by atoms with Crippen LogP contribution in [0.1, 0.15) is 12.5 Å². The summed E-state index contributed by atoms with van der Waals surface area (Å²) in [6, 6.07) is 8.07. The number of nitrogens with one attached hydrogen (secondary N) is 1. The molecule has 2 fully saturated rings. The third-order valence-corrected chi connectivity index (χ3v) is 5.34. The number of fused-ring (bicyclic) bond motifs is 2. The van der Waals surface area contributed by atoms with Gasteiger partial charge in [-0.3, -0.25) is 14.4 Å². The van der Waals surface area contributed by atoms with E-state index in [4.69, 9.17) is 4.84 Å². The minimum Gasteiger partial charge on any atom is -0.349 e. The van der Waals surface area contributed by atoms with Crippen LogP contribution in [0.15, 0.2) is 29.6 Å². The number of nitrogens with zero attached hydrogens (tertiary/aromatic N) is 2. The molecule has 120 valence electrons. The molecule has 1 N–H and O–H groups in total. The van der Waals surface area contributed by atoms with E-state index < -0.39 is 0 Å². The van der Waals surface area contributed by atoms with Crippen LogP contribution < -0.4 is 5.32 Å². The number of hydrogen-bond acceptors (Lipinski definition) is 5. The first-order chi connectivity index (χ1) is 11.1. The molecule has 1 aromatic carbocycles. The fraction of sp³-hybridized carbons (Fsp3) is 0.375. The van der Waals surface area contributed by atoms with E-state index in [0.29, 0.717) is 6.54 Å². The lowest BCUT2D eigenvalue weighted by molar-refractivity contribution is -0.261. The number of piperazine rings is 1. The Hall–Kier alpha value is -1.96. The van der Waals surface area contributed by atoms with Gasteiger partial charge < -0.3 is 10.2 Å². The Bertz CT molecular complexity index is 775. The SMILES string of the molecule is CC1NC(=O)CN2C(=O)CON(Cc3csc4ccccc34)C12. The minimum absolute atomic E-state index is 0.0153. The van der Waals surface area contributed by atoms with Crippen molar-refractivity contribution in [3.63, 3.8) is 0 Å². The lowest BCUT2D eigenvalue weighted by Crippen LogP contribution is -2.69. The summed E-state index contributed by atoms with van der Waals surface area (Å²) in [6.07, 6.45) is -0.271. The molecular weight excluding hydrogens is 314 g/mol. The van der Waals surface area contributed by atoms with Gasteiger partial charge in [-0.15, -0.1) is 11.3 Å². The van der Waals surface area contributed by atoms with Gasteiger partial charge in [0.2, 0.25) is 5.91 Å². The largest absolute Gasteiger partial charge is 0.349 e. The molecule has 6 nitrogen and oxygen atoms in total. The van der Waals surface area contributed by atoms with E-state index >= 15 is 0 Å². The van der Waals surface area contributed by atoms with Gasteiger partial charge in [-0.25, -0.2) is 0 Å². The molecule has 23 heavy (non-hydrogen) atoms. The second-order valence-electron chi connectivity index (χ2n) is 5.90. The van der Waals surface area contributed by atoms with Crippen LogP contribution in [0, 0.1) is 0 Å². The Kier molecular flexibility index (Phi) is 3.56. The predicted octanol–water partition coefficient (Wildman–Crippen LogP) is 1.32. The Morgan fingerprint density at radius 3 is 3.04 bits per heavy atom. The second-order valence-corrected chi connectivity index (χ2v) is 6.81. The number of amides is 2. The summed E-state index contributed by atoms with van der Waals surface area (Å²) in [5.74, 6) is -0.256.